The first-order chi connectivity index (χ1) is 9.25. The summed E-state index contributed by atoms with van der Waals surface area (Å²) < 4.78 is 1.97. The number of nitrogens with zero attached hydrogens (tertiary/aromatic N) is 2. The van der Waals surface area contributed by atoms with Crippen LogP contribution in [0, 0.1) is 0 Å². The van der Waals surface area contributed by atoms with Gasteiger partial charge in [-0.05, 0) is 41.7 Å². The van der Waals surface area contributed by atoms with Crippen molar-refractivity contribution in [2.24, 2.45) is 7.05 Å². The summed E-state index contributed by atoms with van der Waals surface area (Å²) >= 11 is 1.62. The molecule has 5 heteroatoms. The third kappa shape index (κ3) is 2.59. The summed E-state index contributed by atoms with van der Waals surface area (Å²) in [6.07, 6.45) is 4.95. The first-order valence-electron chi connectivity index (χ1n) is 6.70. The maximum atomic E-state index is 10.1. The quantitative estimate of drug-likeness (QED) is 0.900. The molecule has 3 rings (SSSR count). The summed E-state index contributed by atoms with van der Waals surface area (Å²) in [5.74, 6) is 0. The van der Waals surface area contributed by atoms with Gasteiger partial charge in [-0.15, -0.1) is 0 Å². The number of nitrogens with one attached hydrogen (secondary N) is 1. The van der Waals surface area contributed by atoms with Gasteiger partial charge in [0.1, 0.15) is 0 Å². The van der Waals surface area contributed by atoms with E-state index in [0.717, 1.165) is 18.4 Å². The third-order valence-corrected chi connectivity index (χ3v) is 4.56. The van der Waals surface area contributed by atoms with E-state index in [1.54, 1.807) is 11.3 Å². The SMILES string of the molecule is Cn1ncc2c1CCCC2NCC(O)c1ccsc1. The van der Waals surface area contributed by atoms with Crippen LogP contribution < -0.4 is 5.32 Å². The van der Waals surface area contributed by atoms with Gasteiger partial charge in [-0.1, -0.05) is 0 Å². The van der Waals surface area contributed by atoms with Gasteiger partial charge in [-0.3, -0.25) is 4.68 Å². The van der Waals surface area contributed by atoms with Gasteiger partial charge in [0.25, 0.3) is 0 Å². The van der Waals surface area contributed by atoms with E-state index < -0.39 is 6.10 Å². The number of aryl methyl sites for hydroxylation is 1. The van der Waals surface area contributed by atoms with Crippen molar-refractivity contribution < 1.29 is 5.11 Å². The van der Waals surface area contributed by atoms with Crippen LogP contribution in [-0.2, 0) is 13.5 Å². The van der Waals surface area contributed by atoms with Crippen LogP contribution in [0.5, 0.6) is 0 Å². The minimum Gasteiger partial charge on any atom is -0.387 e. The molecule has 0 aliphatic heterocycles. The average molecular weight is 277 g/mol. The maximum Gasteiger partial charge on any atom is 0.0922 e. The van der Waals surface area contributed by atoms with E-state index in [2.05, 4.69) is 10.4 Å². The van der Waals surface area contributed by atoms with Crippen molar-refractivity contribution in [2.75, 3.05) is 6.54 Å². The summed E-state index contributed by atoms with van der Waals surface area (Å²) in [5.41, 5.74) is 3.62. The minimum atomic E-state index is -0.423. The molecule has 4 nitrogen and oxygen atoms in total. The fourth-order valence-corrected chi connectivity index (χ4v) is 3.46. The second kappa shape index (κ2) is 5.45. The van der Waals surface area contributed by atoms with E-state index in [1.165, 1.54) is 17.7 Å². The molecule has 102 valence electrons. The summed E-state index contributed by atoms with van der Waals surface area (Å²) in [4.78, 5) is 0. The van der Waals surface area contributed by atoms with Crippen LogP contribution in [0.1, 0.15) is 41.8 Å². The molecule has 0 aromatic carbocycles. The van der Waals surface area contributed by atoms with E-state index in [1.807, 2.05) is 34.8 Å². The smallest absolute Gasteiger partial charge is 0.0922 e. The van der Waals surface area contributed by atoms with Crippen molar-refractivity contribution in [1.82, 2.24) is 15.1 Å². The first kappa shape index (κ1) is 12.8. The van der Waals surface area contributed by atoms with Crippen molar-refractivity contribution in [3.8, 4) is 0 Å². The number of hydrogen-bond acceptors (Lipinski definition) is 4. The molecule has 0 fully saturated rings. The fourth-order valence-electron chi connectivity index (χ4n) is 2.75. The number of aliphatic hydroxyl groups is 1. The number of hydrogen-bond donors (Lipinski definition) is 2. The van der Waals surface area contributed by atoms with Gasteiger partial charge in [-0.25, -0.2) is 0 Å². The summed E-state index contributed by atoms with van der Waals surface area (Å²) in [5, 5.41) is 21.9. The predicted octanol–water partition coefficient (Wildman–Crippen LogP) is 2.18. The molecule has 0 bridgehead atoms. The first-order valence-corrected chi connectivity index (χ1v) is 7.64. The van der Waals surface area contributed by atoms with Crippen molar-refractivity contribution in [2.45, 2.75) is 31.4 Å². The lowest BCUT2D eigenvalue weighted by molar-refractivity contribution is 0.168. The standard InChI is InChI=1S/C14H19N3OS/c1-17-13-4-2-3-12(11(13)7-16-17)15-8-14(18)10-5-6-19-9-10/h5-7,9,12,14-15,18H,2-4,8H2,1H3. The molecule has 0 saturated carbocycles. The second-order valence-electron chi connectivity index (χ2n) is 5.10. The number of aromatic nitrogens is 2. The van der Waals surface area contributed by atoms with Crippen LogP contribution in [0.2, 0.25) is 0 Å². The van der Waals surface area contributed by atoms with Crippen LogP contribution >= 0.6 is 11.3 Å². The zero-order chi connectivity index (χ0) is 13.2. The molecule has 2 heterocycles. The Kier molecular flexibility index (Phi) is 3.68. The Balaban J connectivity index is 1.65. The lowest BCUT2D eigenvalue weighted by Gasteiger charge is -2.25. The molecule has 2 unspecified atom stereocenters. The molecule has 2 atom stereocenters. The summed E-state index contributed by atoms with van der Waals surface area (Å²) in [6.45, 7) is 0.593. The second-order valence-corrected chi connectivity index (χ2v) is 5.88. The average Bonchev–Trinajstić information content (AvgIpc) is 3.07. The number of thiophene rings is 1. The summed E-state index contributed by atoms with van der Waals surface area (Å²) in [7, 11) is 2.00. The van der Waals surface area contributed by atoms with Crippen molar-refractivity contribution >= 4 is 11.3 Å². The highest BCUT2D eigenvalue weighted by atomic mass is 32.1. The molecule has 0 amide bonds. The Morgan fingerprint density at radius 1 is 1.63 bits per heavy atom. The van der Waals surface area contributed by atoms with E-state index in [-0.39, 0.29) is 0 Å². The van der Waals surface area contributed by atoms with Gasteiger partial charge in [0.05, 0.1) is 12.3 Å². The van der Waals surface area contributed by atoms with E-state index in [4.69, 9.17) is 0 Å². The highest BCUT2D eigenvalue weighted by Gasteiger charge is 2.23. The Labute approximate surface area is 117 Å². The van der Waals surface area contributed by atoms with Gasteiger partial charge in [0.15, 0.2) is 0 Å². The Hall–Kier alpha value is -1.17. The fraction of sp³-hybridized carbons (Fsp3) is 0.500. The van der Waals surface area contributed by atoms with Gasteiger partial charge in [0, 0.05) is 30.9 Å². The van der Waals surface area contributed by atoms with Crippen LogP contribution in [0.3, 0.4) is 0 Å². The number of rotatable bonds is 4. The highest BCUT2D eigenvalue weighted by Crippen LogP contribution is 2.29. The van der Waals surface area contributed by atoms with E-state index in [9.17, 15) is 5.11 Å². The van der Waals surface area contributed by atoms with Crippen LogP contribution in [0.15, 0.2) is 23.0 Å². The van der Waals surface area contributed by atoms with Gasteiger partial charge < -0.3 is 10.4 Å². The maximum absolute atomic E-state index is 10.1. The normalized spacial score (nSPS) is 20.2. The molecule has 2 N–H and O–H groups in total. The number of aliphatic hydroxyl groups excluding tert-OH is 1. The van der Waals surface area contributed by atoms with Gasteiger partial charge in [0.2, 0.25) is 0 Å². The van der Waals surface area contributed by atoms with Gasteiger partial charge in [-0.2, -0.15) is 16.4 Å². The molecule has 1 aliphatic rings. The number of fused-ring (bicyclic) bond motifs is 1. The summed E-state index contributed by atoms with van der Waals surface area (Å²) in [6, 6.07) is 2.30. The van der Waals surface area contributed by atoms with Crippen LogP contribution in [0.4, 0.5) is 0 Å². The highest BCUT2D eigenvalue weighted by molar-refractivity contribution is 7.07. The monoisotopic (exact) mass is 277 g/mol. The molecule has 0 saturated heterocycles. The molecular weight excluding hydrogens is 258 g/mol. The predicted molar refractivity (Wildman–Crippen MR) is 76.2 cm³/mol. The van der Waals surface area contributed by atoms with E-state index >= 15 is 0 Å². The lowest BCUT2D eigenvalue weighted by Crippen LogP contribution is -2.29. The van der Waals surface area contributed by atoms with Crippen molar-refractivity contribution in [3.05, 3.63) is 39.8 Å². The third-order valence-electron chi connectivity index (χ3n) is 3.86. The van der Waals surface area contributed by atoms with Crippen molar-refractivity contribution in [3.63, 3.8) is 0 Å². The molecule has 1 aliphatic carbocycles. The van der Waals surface area contributed by atoms with Gasteiger partial charge >= 0.3 is 0 Å². The Bertz CT molecular complexity index is 535. The largest absolute Gasteiger partial charge is 0.387 e. The molecular formula is C14H19N3OS. The molecule has 0 radical (unpaired) electrons. The van der Waals surface area contributed by atoms with Crippen LogP contribution in [-0.4, -0.2) is 21.4 Å². The molecule has 2 aromatic rings. The van der Waals surface area contributed by atoms with E-state index in [0.29, 0.717) is 12.6 Å². The lowest BCUT2D eigenvalue weighted by atomic mass is 9.93. The zero-order valence-electron chi connectivity index (χ0n) is 11.0. The molecule has 0 spiro atoms. The zero-order valence-corrected chi connectivity index (χ0v) is 11.9. The topological polar surface area (TPSA) is 50.1 Å². The van der Waals surface area contributed by atoms with Crippen molar-refractivity contribution in [1.29, 1.82) is 0 Å². The molecule has 19 heavy (non-hydrogen) atoms. The van der Waals surface area contributed by atoms with Crippen LogP contribution in [0.25, 0.3) is 0 Å². The molecule has 2 aromatic heterocycles. The minimum absolute atomic E-state index is 0.325. The Morgan fingerprint density at radius 2 is 2.53 bits per heavy atom. The Morgan fingerprint density at radius 3 is 3.32 bits per heavy atom.